The van der Waals surface area contributed by atoms with Gasteiger partial charge in [0.25, 0.3) is 17.7 Å². The number of anilines is 5. The highest BCUT2D eigenvalue weighted by atomic mass is 32.2. The van der Waals surface area contributed by atoms with Crippen LogP contribution in [0.1, 0.15) is 106 Å². The molecule has 1 atom stereocenters. The molecular formula is C57H64FN11O11S. The number of carbonyl (C=O) groups is 9. The average Bonchev–Trinajstić information content (AvgIpc) is 4.03. The Labute approximate surface area is 470 Å². The number of nitrogens with one attached hydrogen (secondary N) is 6. The minimum Gasteiger partial charge on any atom is -0.445 e. The number of aromatic nitrogens is 3. The van der Waals surface area contributed by atoms with Gasteiger partial charge in [0.2, 0.25) is 23.6 Å². The number of rotatable bonds is 20. The third-order valence-corrected chi connectivity index (χ3v) is 15.4. The Morgan fingerprint density at radius 2 is 1.44 bits per heavy atom. The van der Waals surface area contributed by atoms with Crippen molar-refractivity contribution in [3.8, 4) is 0 Å². The monoisotopic (exact) mass is 1130 g/mol. The molecule has 22 nitrogen and oxygen atoms in total. The standard InChI is InChI=1S/C57H64FN11O11S/c1-6-44(70)61-39-20-16-36(17-21-39)52(74)64-41-9-7-8-40(28-41)63-51-48(58)55(66-50-43(32(2)3)29-60-68(50)51)81-42-24-26-67(27-25-42)57(78)79-31-34-10-18-38(19-11-34)62-45(71)30-59-54(76)49(33(4)5)65-53(75)35-12-14-37(15-13-35)56(77)80-69-46(72)22-23-47(69)73/h6-11,16-21,28-29,32-33,35,37,42,49,63H,1,12-15,22-27,30-31H2,2-5H3,(H,59,76)(H,61,70)(H,62,71)(H,64,74)(H,65,75). The average molecular weight is 1130 g/mol. The molecule has 8 amide bonds. The third-order valence-electron chi connectivity index (χ3n) is 14.1. The molecule has 0 bridgehead atoms. The molecule has 8 rings (SSSR count). The van der Waals surface area contributed by atoms with Crippen molar-refractivity contribution in [1.82, 2.24) is 35.2 Å². The maximum Gasteiger partial charge on any atom is 0.410 e. The first-order valence-corrected chi connectivity index (χ1v) is 27.6. The van der Waals surface area contributed by atoms with Crippen molar-refractivity contribution in [3.05, 3.63) is 114 Å². The first-order valence-electron chi connectivity index (χ1n) is 26.8. The summed E-state index contributed by atoms with van der Waals surface area (Å²) in [7, 11) is 0. The summed E-state index contributed by atoms with van der Waals surface area (Å²) in [5.74, 6) is -5.87. The number of halogens is 1. The number of hydrogen-bond donors (Lipinski definition) is 6. The van der Waals surface area contributed by atoms with Crippen LogP contribution in [0.3, 0.4) is 0 Å². The van der Waals surface area contributed by atoms with Crippen LogP contribution in [0, 0.1) is 23.6 Å². The molecule has 0 spiro atoms. The minimum absolute atomic E-state index is 0.00856. The predicted octanol–water partition coefficient (Wildman–Crippen LogP) is 7.61. The van der Waals surface area contributed by atoms with Crippen molar-refractivity contribution >= 4 is 99.4 Å². The quantitative estimate of drug-likeness (QED) is 0.0248. The van der Waals surface area contributed by atoms with Crippen molar-refractivity contribution in [3.63, 3.8) is 0 Å². The molecule has 4 heterocycles. The number of hydrogen-bond acceptors (Lipinski definition) is 15. The highest BCUT2D eigenvalue weighted by Gasteiger charge is 2.38. The van der Waals surface area contributed by atoms with Gasteiger partial charge < -0.3 is 46.4 Å². The highest BCUT2D eigenvalue weighted by molar-refractivity contribution is 7.99. The second-order valence-electron chi connectivity index (χ2n) is 20.6. The van der Waals surface area contributed by atoms with E-state index in [-0.39, 0.29) is 65.7 Å². The van der Waals surface area contributed by atoms with Crippen LogP contribution in [0.5, 0.6) is 0 Å². The number of hydroxylamine groups is 2. The van der Waals surface area contributed by atoms with Crippen molar-refractivity contribution in [2.45, 2.75) is 108 Å². The van der Waals surface area contributed by atoms with E-state index in [2.05, 4.69) is 43.6 Å². The lowest BCUT2D eigenvalue weighted by Gasteiger charge is -2.31. The molecule has 6 N–H and O–H groups in total. The zero-order chi connectivity index (χ0) is 57.9. The van der Waals surface area contributed by atoms with E-state index < -0.39 is 65.3 Å². The number of piperidine rings is 1. The van der Waals surface area contributed by atoms with Gasteiger partial charge in [0.1, 0.15) is 17.7 Å². The number of carbonyl (C=O) groups excluding carboxylic acids is 9. The summed E-state index contributed by atoms with van der Waals surface area (Å²) >= 11 is 1.29. The predicted molar refractivity (Wildman–Crippen MR) is 298 cm³/mol. The van der Waals surface area contributed by atoms with E-state index in [0.717, 1.165) is 11.6 Å². The first-order chi connectivity index (χ1) is 38.8. The largest absolute Gasteiger partial charge is 0.445 e. The van der Waals surface area contributed by atoms with Crippen LogP contribution in [0.2, 0.25) is 0 Å². The Bertz CT molecular complexity index is 3190. The van der Waals surface area contributed by atoms with Gasteiger partial charge in [-0.1, -0.05) is 64.2 Å². The summed E-state index contributed by atoms with van der Waals surface area (Å²) in [6.07, 6.45) is 4.67. The first kappa shape index (κ1) is 58.5. The van der Waals surface area contributed by atoms with E-state index in [0.29, 0.717) is 96.2 Å². The Kier molecular flexibility index (Phi) is 19.2. The highest BCUT2D eigenvalue weighted by Crippen LogP contribution is 2.37. The number of thioether (sulfide) groups is 1. The number of likely N-dealkylation sites (tertiary alicyclic amines) is 1. The van der Waals surface area contributed by atoms with Crippen LogP contribution in [-0.2, 0) is 49.7 Å². The van der Waals surface area contributed by atoms with Crippen LogP contribution in [0.25, 0.3) is 5.65 Å². The van der Waals surface area contributed by atoms with Gasteiger partial charge in [0, 0.05) is 71.0 Å². The van der Waals surface area contributed by atoms with Crippen LogP contribution in [-0.4, -0.2) is 109 Å². The summed E-state index contributed by atoms with van der Waals surface area (Å²) in [4.78, 5) is 125. The van der Waals surface area contributed by atoms with Crippen LogP contribution >= 0.6 is 11.8 Å². The second kappa shape index (κ2) is 26.5. The van der Waals surface area contributed by atoms with Crippen molar-refractivity contribution in [2.75, 3.05) is 40.9 Å². The summed E-state index contributed by atoms with van der Waals surface area (Å²) < 4.78 is 23.8. The molecule has 24 heteroatoms. The lowest BCUT2D eigenvalue weighted by atomic mass is 9.81. The number of amides is 8. The molecule has 0 radical (unpaired) electrons. The molecule has 2 aromatic heterocycles. The lowest BCUT2D eigenvalue weighted by Crippen LogP contribution is -2.52. The Balaban J connectivity index is 0.773. The van der Waals surface area contributed by atoms with E-state index in [1.54, 1.807) is 97.7 Å². The fourth-order valence-corrected chi connectivity index (χ4v) is 10.5. The molecule has 81 heavy (non-hydrogen) atoms. The number of fused-ring (bicyclic) bond motifs is 1. The van der Waals surface area contributed by atoms with Gasteiger partial charge in [0.05, 0.1) is 18.7 Å². The topological polar surface area (TPSA) is 281 Å². The van der Waals surface area contributed by atoms with Crippen molar-refractivity contribution < 1.29 is 57.1 Å². The summed E-state index contributed by atoms with van der Waals surface area (Å²) in [5.41, 5.74) is 4.21. The molecule has 3 aromatic carbocycles. The van der Waals surface area contributed by atoms with Gasteiger partial charge in [-0.15, -0.1) is 5.06 Å². The number of benzene rings is 3. The zero-order valence-corrected chi connectivity index (χ0v) is 46.1. The molecule has 1 unspecified atom stereocenters. The van der Waals surface area contributed by atoms with Gasteiger partial charge in [0.15, 0.2) is 17.3 Å². The number of imide groups is 1. The smallest absolute Gasteiger partial charge is 0.410 e. The van der Waals surface area contributed by atoms with Gasteiger partial charge in [-0.05, 0) is 117 Å². The molecule has 5 aromatic rings. The van der Waals surface area contributed by atoms with Gasteiger partial charge in [-0.25, -0.2) is 14.6 Å². The van der Waals surface area contributed by atoms with Crippen molar-refractivity contribution in [1.29, 1.82) is 0 Å². The Morgan fingerprint density at radius 1 is 0.802 bits per heavy atom. The van der Waals surface area contributed by atoms with Crippen LogP contribution < -0.4 is 31.9 Å². The molecule has 2 saturated heterocycles. The number of nitrogens with zero attached hydrogens (tertiary/aromatic N) is 5. The molecule has 1 aliphatic carbocycles. The summed E-state index contributed by atoms with van der Waals surface area (Å²) in [6.45, 7) is 11.3. The van der Waals surface area contributed by atoms with Gasteiger partial charge in [-0.2, -0.15) is 14.0 Å². The lowest BCUT2D eigenvalue weighted by molar-refractivity contribution is -0.201. The van der Waals surface area contributed by atoms with Crippen LogP contribution in [0.4, 0.5) is 37.8 Å². The molecule has 1 saturated carbocycles. The van der Waals surface area contributed by atoms with E-state index in [9.17, 15) is 43.2 Å². The SMILES string of the molecule is C=CC(=O)Nc1ccc(C(=O)Nc2cccc(Nc3c(F)c(SC4CCN(C(=O)OCc5ccc(NC(=O)CNC(=O)C(NC(=O)C6CCC(C(=O)ON7C(=O)CCC7=O)CC6)C(C)C)cc5)CC4)nc4c(C(C)C)cnn34)c2)cc1. The van der Waals surface area contributed by atoms with E-state index in [1.165, 1.54) is 16.3 Å². The number of ether oxygens (including phenoxy) is 1. The minimum atomic E-state index is -0.935. The molecule has 2 aliphatic heterocycles. The van der Waals surface area contributed by atoms with Crippen LogP contribution in [0.15, 0.2) is 96.7 Å². The maximum absolute atomic E-state index is 16.7. The van der Waals surface area contributed by atoms with Gasteiger partial charge in [-0.3, -0.25) is 33.6 Å². The maximum atomic E-state index is 16.7. The Morgan fingerprint density at radius 3 is 2.10 bits per heavy atom. The van der Waals surface area contributed by atoms with Crippen molar-refractivity contribution in [2.24, 2.45) is 17.8 Å². The summed E-state index contributed by atoms with van der Waals surface area (Å²) in [6, 6.07) is 18.9. The van der Waals surface area contributed by atoms with E-state index in [4.69, 9.17) is 14.6 Å². The molecule has 3 fully saturated rings. The Hall–Kier alpha value is -8.67. The van der Waals surface area contributed by atoms with Gasteiger partial charge >= 0.3 is 12.1 Å². The molecule has 3 aliphatic rings. The third kappa shape index (κ3) is 15.0. The van der Waals surface area contributed by atoms with E-state index in [1.807, 2.05) is 13.8 Å². The fraction of sp³-hybridized carbons (Fsp3) is 0.386. The second-order valence-corrected chi connectivity index (χ2v) is 21.9. The molecular weight excluding hydrogens is 1070 g/mol. The van der Waals surface area contributed by atoms with E-state index >= 15 is 4.39 Å². The zero-order valence-electron chi connectivity index (χ0n) is 45.3. The summed E-state index contributed by atoms with van der Waals surface area (Å²) in [5, 5.41) is 21.9. The normalized spacial score (nSPS) is 16.9. The molecule has 426 valence electrons. The fourth-order valence-electron chi connectivity index (χ4n) is 9.41.